The summed E-state index contributed by atoms with van der Waals surface area (Å²) in [5.41, 5.74) is 4.38. The number of unbranched alkanes of at least 4 members (excludes halogenated alkanes) is 3. The topological polar surface area (TPSA) is 66.8 Å². The van der Waals surface area contributed by atoms with Crippen LogP contribution in [0, 0.1) is 0 Å². The van der Waals surface area contributed by atoms with E-state index in [2.05, 4.69) is 24.3 Å². The van der Waals surface area contributed by atoms with Crippen molar-refractivity contribution in [2.24, 2.45) is 0 Å². The van der Waals surface area contributed by atoms with E-state index in [1.165, 1.54) is 5.56 Å². The molecule has 1 aliphatic heterocycles. The highest BCUT2D eigenvalue weighted by Crippen LogP contribution is 2.22. The van der Waals surface area contributed by atoms with Gasteiger partial charge in [0.05, 0.1) is 12.1 Å². The number of esters is 1. The van der Waals surface area contributed by atoms with Crippen molar-refractivity contribution < 1.29 is 19.4 Å². The van der Waals surface area contributed by atoms with E-state index in [1.807, 2.05) is 77.7 Å². The number of benzene rings is 3. The number of carbonyl (C=O) groups excluding carboxylic acids is 2. The van der Waals surface area contributed by atoms with Crippen molar-refractivity contribution in [1.29, 1.82) is 0 Å². The number of ether oxygens (including phenoxy) is 1. The van der Waals surface area contributed by atoms with Gasteiger partial charge in [0.25, 0.3) is 0 Å². The van der Waals surface area contributed by atoms with Crippen LogP contribution in [-0.4, -0.2) is 40.6 Å². The molecule has 1 saturated heterocycles. The van der Waals surface area contributed by atoms with Gasteiger partial charge in [-0.25, -0.2) is 0 Å². The normalized spacial score (nSPS) is 16.1. The highest BCUT2D eigenvalue weighted by atomic mass is 16.5. The van der Waals surface area contributed by atoms with Gasteiger partial charge in [-0.05, 0) is 41.5 Å². The first-order valence-electron chi connectivity index (χ1n) is 14.1. The van der Waals surface area contributed by atoms with Crippen molar-refractivity contribution in [3.8, 4) is 11.1 Å². The summed E-state index contributed by atoms with van der Waals surface area (Å²) in [6.07, 6.45) is 9.19. The SMILES string of the molecule is O=C(CCCCCCN1C(=O)CC[C@@H]1C=C[C@@H](O)Cc1ccccc1)OCc1ccc(-c2ccccc2)cc1. The average molecular weight is 526 g/mol. The molecule has 0 bridgehead atoms. The third-order valence-corrected chi connectivity index (χ3v) is 7.21. The van der Waals surface area contributed by atoms with Crippen LogP contribution in [0.2, 0.25) is 0 Å². The standard InChI is InChI=1S/C34H39NO4/c36-32(25-27-11-5-3-6-12-27)22-20-31-21-23-33(37)35(31)24-10-2-1-9-15-34(38)39-26-28-16-18-30(19-17-28)29-13-7-4-8-14-29/h3-8,11-14,16-20,22,31-32,36H,1-2,9-10,15,21,23-26H2/t31-,32+/m0/s1. The Morgan fingerprint density at radius 3 is 2.28 bits per heavy atom. The van der Waals surface area contributed by atoms with Crippen molar-refractivity contribution in [1.82, 2.24) is 4.90 Å². The molecular formula is C34H39NO4. The van der Waals surface area contributed by atoms with Crippen LogP contribution >= 0.6 is 0 Å². The van der Waals surface area contributed by atoms with Gasteiger partial charge < -0.3 is 14.7 Å². The lowest BCUT2D eigenvalue weighted by Gasteiger charge is -2.22. The minimum atomic E-state index is -0.557. The Balaban J connectivity index is 1.09. The second-order valence-corrected chi connectivity index (χ2v) is 10.2. The summed E-state index contributed by atoms with van der Waals surface area (Å²) in [6.45, 7) is 1.01. The summed E-state index contributed by atoms with van der Waals surface area (Å²) in [5, 5.41) is 10.4. The van der Waals surface area contributed by atoms with E-state index < -0.39 is 6.10 Å². The maximum absolute atomic E-state index is 12.4. The van der Waals surface area contributed by atoms with Gasteiger partial charge in [-0.2, -0.15) is 0 Å². The Labute approximate surface area is 232 Å². The molecule has 5 heteroatoms. The molecule has 0 radical (unpaired) electrons. The summed E-state index contributed by atoms with van der Waals surface area (Å²) in [4.78, 5) is 26.5. The zero-order chi connectivity index (χ0) is 27.3. The Kier molecular flexibility index (Phi) is 10.9. The molecule has 1 fully saturated rings. The third kappa shape index (κ3) is 9.22. The first-order chi connectivity index (χ1) is 19.1. The van der Waals surface area contributed by atoms with Crippen LogP contribution in [0.5, 0.6) is 0 Å². The van der Waals surface area contributed by atoms with Gasteiger partial charge in [0.1, 0.15) is 6.61 Å². The van der Waals surface area contributed by atoms with Gasteiger partial charge in [0, 0.05) is 25.8 Å². The number of nitrogens with zero attached hydrogens (tertiary/aromatic N) is 1. The highest BCUT2D eigenvalue weighted by Gasteiger charge is 2.28. The number of amides is 1. The zero-order valence-corrected chi connectivity index (χ0v) is 22.6. The molecule has 0 spiro atoms. The molecule has 1 N–H and O–H groups in total. The van der Waals surface area contributed by atoms with E-state index in [4.69, 9.17) is 4.74 Å². The highest BCUT2D eigenvalue weighted by molar-refractivity contribution is 5.79. The van der Waals surface area contributed by atoms with E-state index in [-0.39, 0.29) is 17.9 Å². The van der Waals surface area contributed by atoms with Gasteiger partial charge in [-0.15, -0.1) is 0 Å². The lowest BCUT2D eigenvalue weighted by molar-refractivity contribution is -0.145. The van der Waals surface area contributed by atoms with Crippen LogP contribution in [0.1, 0.15) is 56.1 Å². The molecule has 3 aromatic rings. The molecule has 39 heavy (non-hydrogen) atoms. The van der Waals surface area contributed by atoms with Crippen LogP contribution < -0.4 is 0 Å². The zero-order valence-electron chi connectivity index (χ0n) is 22.6. The molecule has 0 saturated carbocycles. The average Bonchev–Trinajstić information content (AvgIpc) is 3.32. The summed E-state index contributed by atoms with van der Waals surface area (Å²) < 4.78 is 5.45. The quantitative estimate of drug-likeness (QED) is 0.148. The van der Waals surface area contributed by atoms with Gasteiger partial charge in [0.2, 0.25) is 5.91 Å². The number of aliphatic hydroxyl groups is 1. The fourth-order valence-corrected chi connectivity index (χ4v) is 4.99. The first-order valence-corrected chi connectivity index (χ1v) is 14.1. The van der Waals surface area contributed by atoms with E-state index in [9.17, 15) is 14.7 Å². The molecule has 0 aromatic heterocycles. The third-order valence-electron chi connectivity index (χ3n) is 7.21. The van der Waals surface area contributed by atoms with Crippen LogP contribution in [0.4, 0.5) is 0 Å². The summed E-state index contributed by atoms with van der Waals surface area (Å²) >= 11 is 0. The number of hydrogen-bond donors (Lipinski definition) is 1. The smallest absolute Gasteiger partial charge is 0.306 e. The predicted molar refractivity (Wildman–Crippen MR) is 155 cm³/mol. The van der Waals surface area contributed by atoms with Gasteiger partial charge in [-0.3, -0.25) is 9.59 Å². The minimum absolute atomic E-state index is 0.0552. The van der Waals surface area contributed by atoms with Gasteiger partial charge in [-0.1, -0.05) is 110 Å². The van der Waals surface area contributed by atoms with Crippen LogP contribution in [0.15, 0.2) is 97.1 Å². The van der Waals surface area contributed by atoms with Crippen molar-refractivity contribution in [3.05, 3.63) is 108 Å². The molecule has 4 rings (SSSR count). The molecule has 3 aromatic carbocycles. The molecule has 1 amide bonds. The van der Waals surface area contributed by atoms with E-state index in [0.717, 1.165) is 48.8 Å². The van der Waals surface area contributed by atoms with Gasteiger partial charge >= 0.3 is 5.97 Å². The molecule has 1 aliphatic rings. The number of hydrogen-bond acceptors (Lipinski definition) is 4. The fraction of sp³-hybridized carbons (Fsp3) is 0.353. The first kappa shape index (κ1) is 28.3. The molecule has 1 heterocycles. The Hall–Kier alpha value is -3.70. The monoisotopic (exact) mass is 525 g/mol. The van der Waals surface area contributed by atoms with Crippen LogP contribution in [0.25, 0.3) is 11.1 Å². The van der Waals surface area contributed by atoms with E-state index >= 15 is 0 Å². The lowest BCUT2D eigenvalue weighted by atomic mass is 10.0. The van der Waals surface area contributed by atoms with E-state index in [1.54, 1.807) is 0 Å². The van der Waals surface area contributed by atoms with E-state index in [0.29, 0.717) is 32.4 Å². The molecular weight excluding hydrogens is 486 g/mol. The van der Waals surface area contributed by atoms with Crippen molar-refractivity contribution >= 4 is 11.9 Å². The molecule has 204 valence electrons. The Bertz CT molecular complexity index is 1190. The number of likely N-dealkylation sites (tertiary alicyclic amines) is 1. The molecule has 5 nitrogen and oxygen atoms in total. The molecule has 0 unspecified atom stereocenters. The Morgan fingerprint density at radius 2 is 1.54 bits per heavy atom. The van der Waals surface area contributed by atoms with Crippen molar-refractivity contribution in [2.45, 2.75) is 70.1 Å². The number of carbonyl (C=O) groups is 2. The largest absolute Gasteiger partial charge is 0.461 e. The van der Waals surface area contributed by atoms with Crippen LogP contribution in [0.3, 0.4) is 0 Å². The van der Waals surface area contributed by atoms with Crippen molar-refractivity contribution in [3.63, 3.8) is 0 Å². The predicted octanol–water partition coefficient (Wildman–Crippen LogP) is 6.50. The summed E-state index contributed by atoms with van der Waals surface area (Å²) in [7, 11) is 0. The van der Waals surface area contributed by atoms with Crippen molar-refractivity contribution in [2.75, 3.05) is 6.54 Å². The summed E-state index contributed by atoms with van der Waals surface area (Å²) in [6, 6.07) is 28.3. The minimum Gasteiger partial charge on any atom is -0.461 e. The van der Waals surface area contributed by atoms with Gasteiger partial charge in [0.15, 0.2) is 0 Å². The fourth-order valence-electron chi connectivity index (χ4n) is 4.99. The maximum atomic E-state index is 12.4. The Morgan fingerprint density at radius 1 is 0.872 bits per heavy atom. The molecule has 2 atom stereocenters. The second-order valence-electron chi connectivity index (χ2n) is 10.2. The summed E-state index contributed by atoms with van der Waals surface area (Å²) in [5.74, 6) is 0.0127. The maximum Gasteiger partial charge on any atom is 0.306 e. The second kappa shape index (κ2) is 15.0. The number of aliphatic hydroxyl groups excluding tert-OH is 1. The number of rotatable bonds is 14. The molecule has 0 aliphatic carbocycles. The van der Waals surface area contributed by atoms with Crippen LogP contribution in [-0.2, 0) is 27.4 Å². The lowest BCUT2D eigenvalue weighted by Crippen LogP contribution is -2.32.